The van der Waals surface area contributed by atoms with Gasteiger partial charge in [0.25, 0.3) is 0 Å². The fourth-order valence-electron chi connectivity index (χ4n) is 5.49. The standard InChI is InChI=1S/C29H32N2O/c1-5-17-15-30-27(21(17)7-3)19-9-11-23-24-12-10-20(14-26(24)29(32)25(23)13-19)28-22(8-4)18(6-2)16-31-28/h9-16,29-32H,5-8H2,1-4H3. The molecule has 3 heteroatoms. The number of rotatable bonds is 6. The van der Waals surface area contributed by atoms with Crippen LogP contribution < -0.4 is 0 Å². The van der Waals surface area contributed by atoms with Crippen LogP contribution >= 0.6 is 0 Å². The fraction of sp³-hybridized carbons (Fsp3) is 0.310. The largest absolute Gasteiger partial charge is 0.384 e. The minimum atomic E-state index is -0.601. The van der Waals surface area contributed by atoms with E-state index in [0.717, 1.165) is 59.1 Å². The Morgan fingerprint density at radius 3 is 1.47 bits per heavy atom. The van der Waals surface area contributed by atoms with Crippen LogP contribution in [0, 0.1) is 0 Å². The summed E-state index contributed by atoms with van der Waals surface area (Å²) in [6.45, 7) is 8.82. The quantitative estimate of drug-likeness (QED) is 0.307. The molecule has 3 N–H and O–H groups in total. The molecule has 0 aliphatic heterocycles. The molecule has 0 fully saturated rings. The number of H-pyrrole nitrogens is 2. The lowest BCUT2D eigenvalue weighted by Gasteiger charge is -2.10. The van der Waals surface area contributed by atoms with Crippen molar-refractivity contribution in [3.8, 4) is 33.6 Å². The summed E-state index contributed by atoms with van der Waals surface area (Å²) in [5.74, 6) is 0. The molecule has 0 saturated carbocycles. The van der Waals surface area contributed by atoms with Crippen LogP contribution in [0.2, 0.25) is 0 Å². The van der Waals surface area contributed by atoms with E-state index in [2.05, 4.69) is 86.5 Å². The number of aromatic nitrogens is 2. The van der Waals surface area contributed by atoms with Crippen molar-refractivity contribution in [1.82, 2.24) is 9.97 Å². The van der Waals surface area contributed by atoms with E-state index in [1.165, 1.54) is 33.6 Å². The highest BCUT2D eigenvalue weighted by atomic mass is 16.3. The van der Waals surface area contributed by atoms with E-state index in [1.54, 1.807) is 0 Å². The average Bonchev–Trinajstić information content (AvgIpc) is 3.52. The summed E-state index contributed by atoms with van der Waals surface area (Å²) < 4.78 is 0. The number of aliphatic hydroxyl groups is 1. The van der Waals surface area contributed by atoms with Gasteiger partial charge in [0.15, 0.2) is 0 Å². The van der Waals surface area contributed by atoms with E-state index >= 15 is 0 Å². The summed E-state index contributed by atoms with van der Waals surface area (Å²) in [5.41, 5.74) is 14.5. The Kier molecular flexibility index (Phi) is 5.30. The topological polar surface area (TPSA) is 51.8 Å². The third-order valence-corrected chi connectivity index (χ3v) is 7.19. The lowest BCUT2D eigenvalue weighted by Crippen LogP contribution is -1.96. The number of hydrogen-bond donors (Lipinski definition) is 3. The maximum absolute atomic E-state index is 11.3. The summed E-state index contributed by atoms with van der Waals surface area (Å²) in [4.78, 5) is 6.97. The first-order valence-electron chi connectivity index (χ1n) is 12.0. The minimum absolute atomic E-state index is 0.601. The Balaban J connectivity index is 1.56. The van der Waals surface area contributed by atoms with Crippen molar-refractivity contribution in [3.63, 3.8) is 0 Å². The van der Waals surface area contributed by atoms with Gasteiger partial charge < -0.3 is 15.1 Å². The molecule has 2 aromatic carbocycles. The highest BCUT2D eigenvalue weighted by Crippen LogP contribution is 2.46. The average molecular weight is 425 g/mol. The molecule has 2 aromatic heterocycles. The fourth-order valence-corrected chi connectivity index (χ4v) is 5.49. The van der Waals surface area contributed by atoms with Gasteiger partial charge in [-0.15, -0.1) is 0 Å². The predicted molar refractivity (Wildman–Crippen MR) is 133 cm³/mol. The van der Waals surface area contributed by atoms with Gasteiger partial charge in [-0.25, -0.2) is 0 Å². The second-order valence-corrected chi connectivity index (χ2v) is 8.76. The molecule has 0 bridgehead atoms. The molecule has 1 aliphatic rings. The maximum atomic E-state index is 11.3. The number of fused-ring (bicyclic) bond motifs is 3. The molecule has 3 nitrogen and oxygen atoms in total. The maximum Gasteiger partial charge on any atom is 0.105 e. The van der Waals surface area contributed by atoms with Crippen molar-refractivity contribution in [2.24, 2.45) is 0 Å². The molecule has 0 atom stereocenters. The summed E-state index contributed by atoms with van der Waals surface area (Å²) in [7, 11) is 0. The van der Waals surface area contributed by atoms with E-state index < -0.39 is 6.10 Å². The zero-order valence-electron chi connectivity index (χ0n) is 19.5. The summed E-state index contributed by atoms with van der Waals surface area (Å²) in [5, 5.41) is 11.3. The van der Waals surface area contributed by atoms with Gasteiger partial charge >= 0.3 is 0 Å². The Morgan fingerprint density at radius 1 is 0.656 bits per heavy atom. The van der Waals surface area contributed by atoms with Crippen molar-refractivity contribution in [1.29, 1.82) is 0 Å². The monoisotopic (exact) mass is 424 g/mol. The van der Waals surface area contributed by atoms with Crippen LogP contribution in [0.4, 0.5) is 0 Å². The number of aryl methyl sites for hydroxylation is 2. The lowest BCUT2D eigenvalue weighted by atomic mass is 9.97. The number of aromatic amines is 2. The van der Waals surface area contributed by atoms with Crippen LogP contribution in [0.1, 0.15) is 67.2 Å². The van der Waals surface area contributed by atoms with Crippen LogP contribution in [0.25, 0.3) is 33.6 Å². The zero-order chi connectivity index (χ0) is 22.4. The van der Waals surface area contributed by atoms with Gasteiger partial charge in [0.1, 0.15) is 6.10 Å². The van der Waals surface area contributed by atoms with Gasteiger partial charge in [0.2, 0.25) is 0 Å². The second kappa shape index (κ2) is 8.14. The molecule has 32 heavy (non-hydrogen) atoms. The number of nitrogens with one attached hydrogen (secondary N) is 2. The first-order chi connectivity index (χ1) is 15.6. The molecule has 0 saturated heterocycles. The highest BCUT2D eigenvalue weighted by Gasteiger charge is 2.28. The predicted octanol–water partition coefficient (Wildman–Crippen LogP) is 6.99. The molecule has 2 heterocycles. The summed E-state index contributed by atoms with van der Waals surface area (Å²) in [6, 6.07) is 13.1. The Bertz CT molecular complexity index is 1190. The van der Waals surface area contributed by atoms with Crippen LogP contribution in [-0.2, 0) is 25.7 Å². The molecule has 5 rings (SSSR count). The van der Waals surface area contributed by atoms with Gasteiger partial charge in [-0.3, -0.25) is 0 Å². The zero-order valence-corrected chi connectivity index (χ0v) is 19.5. The van der Waals surface area contributed by atoms with Crippen LogP contribution in [-0.4, -0.2) is 15.1 Å². The molecule has 0 amide bonds. The molecule has 0 unspecified atom stereocenters. The third-order valence-electron chi connectivity index (χ3n) is 7.19. The van der Waals surface area contributed by atoms with Crippen LogP contribution in [0.5, 0.6) is 0 Å². The smallest absolute Gasteiger partial charge is 0.105 e. The first-order valence-corrected chi connectivity index (χ1v) is 12.0. The Morgan fingerprint density at radius 2 is 1.09 bits per heavy atom. The van der Waals surface area contributed by atoms with E-state index in [0.29, 0.717) is 0 Å². The van der Waals surface area contributed by atoms with E-state index in [1.807, 2.05) is 0 Å². The third kappa shape index (κ3) is 3.07. The van der Waals surface area contributed by atoms with Gasteiger partial charge in [0, 0.05) is 23.8 Å². The number of hydrogen-bond acceptors (Lipinski definition) is 1. The van der Waals surface area contributed by atoms with Crippen LogP contribution in [0.3, 0.4) is 0 Å². The summed E-state index contributed by atoms with van der Waals surface area (Å²) >= 11 is 0. The van der Waals surface area contributed by atoms with Crippen LogP contribution in [0.15, 0.2) is 48.8 Å². The molecular weight excluding hydrogens is 392 g/mol. The molecular formula is C29H32N2O. The Labute approximate surface area is 190 Å². The SMILES string of the molecule is CCc1c[nH]c(-c2ccc3c(c2)C(O)c2cc(-c4[nH]cc(CC)c4CC)ccc2-3)c1CC. The van der Waals surface area contributed by atoms with E-state index in [9.17, 15) is 5.11 Å². The van der Waals surface area contributed by atoms with Crippen molar-refractivity contribution >= 4 is 0 Å². The second-order valence-electron chi connectivity index (χ2n) is 8.76. The van der Waals surface area contributed by atoms with Gasteiger partial charge in [-0.1, -0.05) is 52.0 Å². The highest BCUT2D eigenvalue weighted by molar-refractivity contribution is 5.84. The molecule has 0 radical (unpaired) electrons. The minimum Gasteiger partial charge on any atom is -0.384 e. The van der Waals surface area contributed by atoms with E-state index in [-0.39, 0.29) is 0 Å². The van der Waals surface area contributed by atoms with Crippen molar-refractivity contribution in [2.75, 3.05) is 0 Å². The van der Waals surface area contributed by atoms with Crippen molar-refractivity contribution in [2.45, 2.75) is 59.5 Å². The molecule has 0 spiro atoms. The lowest BCUT2D eigenvalue weighted by molar-refractivity contribution is 0.225. The molecule has 164 valence electrons. The number of benzene rings is 2. The normalized spacial score (nSPS) is 12.9. The Hall–Kier alpha value is -3.04. The van der Waals surface area contributed by atoms with Gasteiger partial charge in [-0.05, 0) is 93.5 Å². The van der Waals surface area contributed by atoms with Gasteiger partial charge in [-0.2, -0.15) is 0 Å². The van der Waals surface area contributed by atoms with Crippen molar-refractivity contribution < 1.29 is 5.11 Å². The van der Waals surface area contributed by atoms with E-state index in [4.69, 9.17) is 0 Å². The summed E-state index contributed by atoms with van der Waals surface area (Å²) in [6.07, 6.45) is 7.72. The number of aliphatic hydroxyl groups excluding tert-OH is 1. The first kappa shape index (κ1) is 20.8. The van der Waals surface area contributed by atoms with Crippen molar-refractivity contribution in [3.05, 3.63) is 82.2 Å². The van der Waals surface area contributed by atoms with Gasteiger partial charge in [0.05, 0.1) is 0 Å². The molecule has 1 aliphatic carbocycles. The molecule has 4 aromatic rings.